The van der Waals surface area contributed by atoms with E-state index < -0.39 is 5.72 Å². The molecule has 1 aromatic rings. The van der Waals surface area contributed by atoms with E-state index in [-0.39, 0.29) is 5.41 Å². The van der Waals surface area contributed by atoms with E-state index in [1.807, 2.05) is 14.0 Å². The number of hydrogen-bond acceptors (Lipinski definition) is 5. The molecular formula is C20H25N3O2. The number of ether oxygens (including phenoxy) is 1. The number of hydrogen-bond donors (Lipinski definition) is 1. The predicted molar refractivity (Wildman–Crippen MR) is 96.5 cm³/mol. The van der Waals surface area contributed by atoms with Gasteiger partial charge in [-0.25, -0.2) is 14.9 Å². The Morgan fingerprint density at radius 3 is 2.72 bits per heavy atom. The van der Waals surface area contributed by atoms with Crippen molar-refractivity contribution >= 4 is 5.96 Å². The summed E-state index contributed by atoms with van der Waals surface area (Å²) >= 11 is 0. The third kappa shape index (κ3) is 2.28. The second-order valence-electron chi connectivity index (χ2n) is 7.34. The fourth-order valence-corrected chi connectivity index (χ4v) is 4.76. The number of fused-ring (bicyclic) bond motifs is 3. The smallest absolute Gasteiger partial charge is 0.220 e. The molecule has 1 aromatic carbocycles. The molecule has 1 atom stereocenters. The van der Waals surface area contributed by atoms with Gasteiger partial charge in [0.1, 0.15) is 0 Å². The van der Waals surface area contributed by atoms with Gasteiger partial charge in [0.2, 0.25) is 11.7 Å². The standard InChI is InChI=1S/C20H25N3O2/c1-4-5-14-6-7-15-13-19(10-8-16(24-3)9-11-19)20(17(15)12-14)22-18(21)23(2)25-20/h6-7,12,16H,8-11,13H2,1-3H3,(H2,21,22). The average Bonchev–Trinajstić information content (AvgIpc) is 3.05. The molecule has 0 saturated heterocycles. The average molecular weight is 339 g/mol. The highest BCUT2D eigenvalue weighted by molar-refractivity contribution is 5.79. The number of benzene rings is 1. The number of nitrogens with two attached hydrogens (primary N) is 1. The molecule has 0 amide bonds. The number of aliphatic imine (C=N–C) groups is 1. The molecule has 3 aliphatic rings. The summed E-state index contributed by atoms with van der Waals surface area (Å²) in [6, 6.07) is 6.41. The highest BCUT2D eigenvalue weighted by atomic mass is 16.7. The van der Waals surface area contributed by atoms with Crippen molar-refractivity contribution in [3.63, 3.8) is 0 Å². The lowest BCUT2D eigenvalue weighted by Gasteiger charge is -2.45. The zero-order valence-corrected chi connectivity index (χ0v) is 15.1. The molecule has 4 rings (SSSR count). The largest absolute Gasteiger partial charge is 0.381 e. The molecule has 1 heterocycles. The molecule has 5 nitrogen and oxygen atoms in total. The SMILES string of the molecule is CC#Cc1ccc2c(c1)C1(N=C(N)N(C)O1)C1(CCC(OC)CC1)C2. The predicted octanol–water partition coefficient (Wildman–Crippen LogP) is 2.53. The Balaban J connectivity index is 1.83. The topological polar surface area (TPSA) is 60.1 Å². The molecule has 1 saturated carbocycles. The van der Waals surface area contributed by atoms with Crippen LogP contribution in [-0.2, 0) is 21.7 Å². The number of nitrogens with zero attached hydrogens (tertiary/aromatic N) is 2. The number of guanidine groups is 1. The van der Waals surface area contributed by atoms with Gasteiger partial charge in [-0.2, -0.15) is 0 Å². The molecule has 0 aromatic heterocycles. The van der Waals surface area contributed by atoms with Crippen LogP contribution in [0.25, 0.3) is 0 Å². The van der Waals surface area contributed by atoms with Crippen LogP contribution in [0.15, 0.2) is 23.2 Å². The fraction of sp³-hybridized carbons (Fsp3) is 0.550. The molecule has 1 fully saturated rings. The summed E-state index contributed by atoms with van der Waals surface area (Å²) in [6.45, 7) is 1.85. The Morgan fingerprint density at radius 1 is 1.36 bits per heavy atom. The van der Waals surface area contributed by atoms with Crippen molar-refractivity contribution in [3.8, 4) is 11.8 Å². The van der Waals surface area contributed by atoms with Crippen LogP contribution in [0, 0.1) is 17.3 Å². The van der Waals surface area contributed by atoms with Crippen LogP contribution < -0.4 is 5.73 Å². The van der Waals surface area contributed by atoms with Gasteiger partial charge in [0, 0.05) is 30.7 Å². The lowest BCUT2D eigenvalue weighted by Crippen LogP contribution is -2.46. The first-order chi connectivity index (χ1) is 12.0. The van der Waals surface area contributed by atoms with Gasteiger partial charge in [0.25, 0.3) is 0 Å². The summed E-state index contributed by atoms with van der Waals surface area (Å²) in [6.07, 6.45) is 5.36. The van der Waals surface area contributed by atoms with Gasteiger partial charge >= 0.3 is 0 Å². The van der Waals surface area contributed by atoms with Gasteiger partial charge in [-0.05, 0) is 56.7 Å². The van der Waals surface area contributed by atoms with E-state index in [1.54, 1.807) is 12.2 Å². The number of hydroxylamine groups is 2. The van der Waals surface area contributed by atoms with Crippen molar-refractivity contribution in [1.82, 2.24) is 5.06 Å². The third-order valence-corrected chi connectivity index (χ3v) is 6.08. The highest BCUT2D eigenvalue weighted by Gasteiger charge is 2.63. The highest BCUT2D eigenvalue weighted by Crippen LogP contribution is 2.61. The summed E-state index contributed by atoms with van der Waals surface area (Å²) in [5.74, 6) is 6.57. The van der Waals surface area contributed by atoms with E-state index in [9.17, 15) is 0 Å². The minimum absolute atomic E-state index is 0.0714. The lowest BCUT2D eigenvalue weighted by atomic mass is 9.66. The van der Waals surface area contributed by atoms with Crippen molar-refractivity contribution in [2.75, 3.05) is 14.2 Å². The molecular weight excluding hydrogens is 314 g/mol. The molecule has 2 N–H and O–H groups in total. The molecule has 0 bridgehead atoms. The van der Waals surface area contributed by atoms with Crippen LogP contribution in [0.3, 0.4) is 0 Å². The normalized spacial score (nSPS) is 33.3. The van der Waals surface area contributed by atoms with E-state index in [1.165, 1.54) is 5.56 Å². The van der Waals surface area contributed by atoms with Gasteiger partial charge in [0.15, 0.2) is 0 Å². The van der Waals surface area contributed by atoms with Crippen molar-refractivity contribution in [2.45, 2.75) is 50.9 Å². The van der Waals surface area contributed by atoms with Gasteiger partial charge in [-0.3, -0.25) is 0 Å². The minimum Gasteiger partial charge on any atom is -0.381 e. The number of rotatable bonds is 1. The Morgan fingerprint density at radius 2 is 2.12 bits per heavy atom. The van der Waals surface area contributed by atoms with Crippen molar-refractivity contribution in [2.24, 2.45) is 16.1 Å². The zero-order chi connectivity index (χ0) is 17.7. The summed E-state index contributed by atoms with van der Waals surface area (Å²) in [7, 11) is 3.63. The van der Waals surface area contributed by atoms with Gasteiger partial charge < -0.3 is 10.5 Å². The van der Waals surface area contributed by atoms with Crippen LogP contribution >= 0.6 is 0 Å². The second kappa shape index (κ2) is 5.76. The maximum absolute atomic E-state index is 6.36. The fourth-order valence-electron chi connectivity index (χ4n) is 4.76. The third-order valence-electron chi connectivity index (χ3n) is 6.08. The van der Waals surface area contributed by atoms with Crippen LogP contribution in [0.2, 0.25) is 0 Å². The summed E-state index contributed by atoms with van der Waals surface area (Å²) in [5.41, 5.74) is 8.74. The van der Waals surface area contributed by atoms with E-state index >= 15 is 0 Å². The maximum atomic E-state index is 6.36. The quantitative estimate of drug-likeness (QED) is 0.799. The Kier molecular flexibility index (Phi) is 3.78. The maximum Gasteiger partial charge on any atom is 0.220 e. The molecule has 1 aliphatic heterocycles. The lowest BCUT2D eigenvalue weighted by molar-refractivity contribution is -0.232. The van der Waals surface area contributed by atoms with Crippen LogP contribution in [0.4, 0.5) is 0 Å². The number of methoxy groups -OCH3 is 1. The van der Waals surface area contributed by atoms with Gasteiger partial charge in [0.05, 0.1) is 6.10 Å². The van der Waals surface area contributed by atoms with E-state index in [0.29, 0.717) is 12.1 Å². The van der Waals surface area contributed by atoms with Crippen molar-refractivity contribution < 1.29 is 9.57 Å². The van der Waals surface area contributed by atoms with Crippen molar-refractivity contribution in [3.05, 3.63) is 34.9 Å². The molecule has 2 aliphatic carbocycles. The monoisotopic (exact) mass is 339 g/mol. The van der Waals surface area contributed by atoms with Gasteiger partial charge in [-0.15, -0.1) is 5.92 Å². The molecule has 2 spiro atoms. The first-order valence-electron chi connectivity index (χ1n) is 8.91. The second-order valence-corrected chi connectivity index (χ2v) is 7.34. The first-order valence-corrected chi connectivity index (χ1v) is 8.91. The van der Waals surface area contributed by atoms with Crippen LogP contribution in [0.1, 0.15) is 49.3 Å². The summed E-state index contributed by atoms with van der Waals surface area (Å²) < 4.78 is 5.59. The van der Waals surface area contributed by atoms with E-state index in [2.05, 4.69) is 30.0 Å². The Labute approximate surface area is 149 Å². The van der Waals surface area contributed by atoms with E-state index in [4.69, 9.17) is 20.3 Å². The molecule has 25 heavy (non-hydrogen) atoms. The molecule has 5 heteroatoms. The first kappa shape index (κ1) is 16.4. The van der Waals surface area contributed by atoms with Gasteiger partial charge in [-0.1, -0.05) is 12.0 Å². The Bertz CT molecular complexity index is 784. The summed E-state index contributed by atoms with van der Waals surface area (Å²) in [4.78, 5) is 11.2. The van der Waals surface area contributed by atoms with E-state index in [0.717, 1.165) is 43.2 Å². The summed E-state index contributed by atoms with van der Waals surface area (Å²) in [5, 5.41) is 1.61. The minimum atomic E-state index is -0.731. The van der Waals surface area contributed by atoms with Crippen LogP contribution in [-0.4, -0.2) is 31.3 Å². The molecule has 132 valence electrons. The molecule has 1 unspecified atom stereocenters. The molecule has 0 radical (unpaired) electrons. The van der Waals surface area contributed by atoms with Crippen molar-refractivity contribution in [1.29, 1.82) is 0 Å². The zero-order valence-electron chi connectivity index (χ0n) is 15.1. The Hall–Kier alpha value is -2.03. The van der Waals surface area contributed by atoms with Crippen LogP contribution in [0.5, 0.6) is 0 Å².